The van der Waals surface area contributed by atoms with Gasteiger partial charge >= 0.3 is 5.97 Å². The molecule has 1 aromatic carbocycles. The van der Waals surface area contributed by atoms with Gasteiger partial charge in [-0.1, -0.05) is 75.3 Å². The number of allylic oxidation sites excluding steroid dienone is 1. The Hall–Kier alpha value is -3.06. The predicted molar refractivity (Wildman–Crippen MR) is 133 cm³/mol. The van der Waals surface area contributed by atoms with Crippen LogP contribution in [0.3, 0.4) is 0 Å². The van der Waals surface area contributed by atoms with Gasteiger partial charge in [-0.05, 0) is 37.0 Å². The lowest BCUT2D eigenvalue weighted by molar-refractivity contribution is -0.139. The third-order valence-electron chi connectivity index (χ3n) is 7.06. The fourth-order valence-corrected chi connectivity index (χ4v) is 5.07. The second-order valence-electron chi connectivity index (χ2n) is 9.63. The molecule has 0 saturated heterocycles. The number of aromatic nitrogens is 1. The lowest BCUT2D eigenvalue weighted by atomic mass is 9.84. The number of Topliss-reactive ketones (excluding diaryl/α,β-unsaturated/α-hetero) is 1. The molecule has 2 unspecified atom stereocenters. The number of carbonyl (C=O) groups excluding carboxylic acids is 1. The Morgan fingerprint density at radius 2 is 1.97 bits per heavy atom. The Kier molecular flexibility index (Phi) is 8.29. The molecule has 2 heterocycles. The number of benzene rings is 1. The Labute approximate surface area is 206 Å². The van der Waals surface area contributed by atoms with Gasteiger partial charge in [-0.3, -0.25) is 4.79 Å². The van der Waals surface area contributed by atoms with Crippen molar-refractivity contribution in [3.05, 3.63) is 65.4 Å². The van der Waals surface area contributed by atoms with E-state index in [2.05, 4.69) is 9.98 Å². The van der Waals surface area contributed by atoms with Crippen LogP contribution in [0.15, 0.2) is 51.9 Å². The molecule has 0 amide bonds. The van der Waals surface area contributed by atoms with Crippen molar-refractivity contribution >= 4 is 18.0 Å². The van der Waals surface area contributed by atoms with E-state index in [0.717, 1.165) is 24.3 Å². The number of carboxylic acids is 1. The number of carboxylic acid groups (broad SMARTS) is 1. The van der Waals surface area contributed by atoms with Gasteiger partial charge in [0, 0.05) is 18.6 Å². The summed E-state index contributed by atoms with van der Waals surface area (Å²) in [6, 6.07) is 9.66. The highest BCUT2D eigenvalue weighted by Gasteiger charge is 2.40. The van der Waals surface area contributed by atoms with Crippen LogP contribution >= 0.6 is 0 Å². The van der Waals surface area contributed by atoms with Gasteiger partial charge in [0.2, 0.25) is 5.72 Å². The fourth-order valence-electron chi connectivity index (χ4n) is 5.07. The van der Waals surface area contributed by atoms with Crippen LogP contribution in [0.4, 0.5) is 0 Å². The first-order valence-electron chi connectivity index (χ1n) is 12.6. The summed E-state index contributed by atoms with van der Waals surface area (Å²) < 4.78 is 11.8. The maximum Gasteiger partial charge on any atom is 0.358 e. The third-order valence-corrected chi connectivity index (χ3v) is 7.06. The Morgan fingerprint density at radius 3 is 2.63 bits per heavy atom. The highest BCUT2D eigenvalue weighted by molar-refractivity contribution is 5.95. The number of ether oxygens (including phenoxy) is 1. The zero-order chi connectivity index (χ0) is 24.7. The smallest absolute Gasteiger partial charge is 0.358 e. The van der Waals surface area contributed by atoms with Gasteiger partial charge in [-0.15, -0.1) is 0 Å². The number of hydrogen-bond donors (Lipinski definition) is 1. The Bertz CT molecular complexity index is 1050. The number of hydrogen-bond acceptors (Lipinski definition) is 6. The van der Waals surface area contributed by atoms with Crippen LogP contribution in [0, 0.1) is 12.8 Å². The lowest BCUT2D eigenvalue weighted by Crippen LogP contribution is -2.37. The number of aliphatic imine (C=N–C) groups is 1. The van der Waals surface area contributed by atoms with Crippen LogP contribution < -0.4 is 0 Å². The quantitative estimate of drug-likeness (QED) is 0.400. The minimum atomic E-state index is -1.38. The van der Waals surface area contributed by atoms with Crippen LogP contribution in [0.5, 0.6) is 0 Å². The van der Waals surface area contributed by atoms with Crippen LogP contribution in [0.1, 0.15) is 91.4 Å². The monoisotopic (exact) mass is 478 g/mol. The molecule has 1 fully saturated rings. The molecule has 7 nitrogen and oxygen atoms in total. The van der Waals surface area contributed by atoms with E-state index in [0.29, 0.717) is 12.3 Å². The normalized spacial score (nSPS) is 20.8. The van der Waals surface area contributed by atoms with Crippen molar-refractivity contribution in [2.24, 2.45) is 10.9 Å². The first-order chi connectivity index (χ1) is 17.0. The largest absolute Gasteiger partial charge is 0.476 e. The average Bonchev–Trinajstić information content (AvgIpc) is 3.51. The van der Waals surface area contributed by atoms with Crippen molar-refractivity contribution < 1.29 is 23.8 Å². The van der Waals surface area contributed by atoms with Crippen LogP contribution in [0.25, 0.3) is 0 Å². The van der Waals surface area contributed by atoms with E-state index in [1.165, 1.54) is 32.1 Å². The fraction of sp³-hybridized carbons (Fsp3) is 0.500. The molecule has 1 N–H and O–H groups in total. The summed E-state index contributed by atoms with van der Waals surface area (Å²) in [5.41, 5.74) is -0.526. The maximum absolute atomic E-state index is 13.6. The van der Waals surface area contributed by atoms with Crippen molar-refractivity contribution in [3.63, 3.8) is 0 Å². The Morgan fingerprint density at radius 1 is 1.20 bits per heavy atom. The van der Waals surface area contributed by atoms with Gasteiger partial charge in [0.05, 0.1) is 6.61 Å². The molecule has 4 rings (SSSR count). The Balaban J connectivity index is 1.48. The van der Waals surface area contributed by atoms with Crippen molar-refractivity contribution in [1.82, 2.24) is 4.98 Å². The van der Waals surface area contributed by atoms with Gasteiger partial charge in [0.25, 0.3) is 0 Å². The third kappa shape index (κ3) is 6.34. The molecule has 186 valence electrons. The average molecular weight is 479 g/mol. The standard InChI is InChI=1S/C28H34N2O5/c1-20-25(27(32)33)30-26(35-20)23(15-8-14-21-10-4-2-5-11-21)18-24(31)28(16-9-17-29-28)34-19-22-12-6-3-7-13-22/h3,6-7,9,12-13,16-17,21,23H,2,4-5,8,10-11,14-15,18-19H2,1H3,(H,32,33). The van der Waals surface area contributed by atoms with Crippen molar-refractivity contribution in [2.45, 2.75) is 83.0 Å². The number of aryl methyl sites for hydroxylation is 1. The van der Waals surface area contributed by atoms with Gasteiger partial charge in [-0.25, -0.2) is 14.8 Å². The minimum absolute atomic E-state index is 0.0986. The van der Waals surface area contributed by atoms with E-state index in [-0.39, 0.29) is 36.2 Å². The first-order valence-corrected chi connectivity index (χ1v) is 12.6. The summed E-state index contributed by atoms with van der Waals surface area (Å²) in [5, 5.41) is 9.44. The van der Waals surface area contributed by atoms with Crippen LogP contribution in [0.2, 0.25) is 0 Å². The first kappa shape index (κ1) is 25.0. The summed E-state index contributed by atoms with van der Waals surface area (Å²) >= 11 is 0. The van der Waals surface area contributed by atoms with E-state index in [1.807, 2.05) is 30.3 Å². The topological polar surface area (TPSA) is 102 Å². The summed E-state index contributed by atoms with van der Waals surface area (Å²) in [6.07, 6.45) is 14.3. The number of oxazole rings is 1. The van der Waals surface area contributed by atoms with Gasteiger partial charge < -0.3 is 14.3 Å². The second-order valence-corrected chi connectivity index (χ2v) is 9.63. The molecule has 35 heavy (non-hydrogen) atoms. The zero-order valence-corrected chi connectivity index (χ0v) is 20.3. The minimum Gasteiger partial charge on any atom is -0.476 e. The van der Waals surface area contributed by atoms with Crippen LogP contribution in [-0.4, -0.2) is 33.8 Å². The second kappa shape index (κ2) is 11.6. The number of carbonyl (C=O) groups is 2. The molecule has 0 bridgehead atoms. The molecule has 1 saturated carbocycles. The SMILES string of the molecule is Cc1oc(C(CCCC2CCCCC2)CC(=O)C2(OCc3ccccc3)C=CC=N2)nc1C(=O)O. The van der Waals surface area contributed by atoms with Crippen molar-refractivity contribution in [2.75, 3.05) is 0 Å². The number of ketones is 1. The van der Waals surface area contributed by atoms with Gasteiger partial charge in [0.15, 0.2) is 17.4 Å². The molecule has 0 radical (unpaired) electrons. The van der Waals surface area contributed by atoms with E-state index in [4.69, 9.17) is 9.15 Å². The summed E-state index contributed by atoms with van der Waals surface area (Å²) in [6.45, 7) is 1.84. The number of nitrogens with zero attached hydrogens (tertiary/aromatic N) is 2. The maximum atomic E-state index is 13.6. The number of rotatable bonds is 12. The molecule has 7 heteroatoms. The number of aromatic carboxylic acids is 1. The highest BCUT2D eigenvalue weighted by atomic mass is 16.5. The molecular formula is C28H34N2O5. The van der Waals surface area contributed by atoms with Crippen molar-refractivity contribution in [1.29, 1.82) is 0 Å². The summed E-state index contributed by atoms with van der Waals surface area (Å²) in [5.74, 6) is -0.361. The molecule has 1 aliphatic carbocycles. The van der Waals surface area contributed by atoms with Crippen LogP contribution in [-0.2, 0) is 16.1 Å². The molecule has 1 aromatic heterocycles. The van der Waals surface area contributed by atoms with Crippen molar-refractivity contribution in [3.8, 4) is 0 Å². The summed E-state index contributed by atoms with van der Waals surface area (Å²) in [4.78, 5) is 33.8. The van der Waals surface area contributed by atoms with E-state index < -0.39 is 11.7 Å². The molecule has 2 aromatic rings. The molecular weight excluding hydrogens is 444 g/mol. The summed E-state index contributed by atoms with van der Waals surface area (Å²) in [7, 11) is 0. The van der Waals surface area contributed by atoms with Gasteiger partial charge in [-0.2, -0.15) is 0 Å². The van der Waals surface area contributed by atoms with E-state index in [1.54, 1.807) is 25.3 Å². The molecule has 0 spiro atoms. The highest BCUT2D eigenvalue weighted by Crippen LogP contribution is 2.34. The van der Waals surface area contributed by atoms with Gasteiger partial charge in [0.1, 0.15) is 5.76 Å². The molecule has 2 atom stereocenters. The predicted octanol–water partition coefficient (Wildman–Crippen LogP) is 6.03. The van der Waals surface area contributed by atoms with E-state index >= 15 is 0 Å². The van der Waals surface area contributed by atoms with E-state index in [9.17, 15) is 14.7 Å². The lowest BCUT2D eigenvalue weighted by Gasteiger charge is -2.26. The molecule has 1 aliphatic heterocycles. The molecule has 2 aliphatic rings. The zero-order valence-electron chi connectivity index (χ0n) is 20.3.